The van der Waals surface area contributed by atoms with Crippen LogP contribution in [0.2, 0.25) is 0 Å². The van der Waals surface area contributed by atoms with Crippen LogP contribution in [-0.4, -0.2) is 46.7 Å². The fourth-order valence-electron chi connectivity index (χ4n) is 3.34. The maximum Gasteiger partial charge on any atom is 0.222 e. The zero-order valence-electron chi connectivity index (χ0n) is 13.0. The standard InChI is InChI=1S/C16H30N2O2/c1-13(2)18(14-6-7-14)11-10-17-15(19)12-16(20)8-4-3-5-9-16/h13-14,20H,3-12H2,1-2H3,(H,17,19). The van der Waals surface area contributed by atoms with Gasteiger partial charge in [0.25, 0.3) is 0 Å². The first-order valence-electron chi connectivity index (χ1n) is 8.25. The lowest BCUT2D eigenvalue weighted by Gasteiger charge is -2.31. The van der Waals surface area contributed by atoms with Gasteiger partial charge in [0.15, 0.2) is 0 Å². The van der Waals surface area contributed by atoms with Gasteiger partial charge in [0.2, 0.25) is 5.91 Å². The van der Waals surface area contributed by atoms with Crippen LogP contribution in [0, 0.1) is 0 Å². The highest BCUT2D eigenvalue weighted by atomic mass is 16.3. The highest BCUT2D eigenvalue weighted by Gasteiger charge is 2.32. The topological polar surface area (TPSA) is 52.6 Å². The highest BCUT2D eigenvalue weighted by Crippen LogP contribution is 2.30. The molecule has 0 unspecified atom stereocenters. The van der Waals surface area contributed by atoms with Crippen molar-refractivity contribution in [1.29, 1.82) is 0 Å². The third-order valence-corrected chi connectivity index (χ3v) is 4.65. The molecule has 0 aliphatic heterocycles. The molecule has 0 heterocycles. The minimum atomic E-state index is -0.740. The molecule has 20 heavy (non-hydrogen) atoms. The van der Waals surface area contributed by atoms with Crippen molar-refractivity contribution < 1.29 is 9.90 Å². The number of aliphatic hydroxyl groups is 1. The number of nitrogens with one attached hydrogen (secondary N) is 1. The van der Waals surface area contributed by atoms with E-state index in [1.165, 1.54) is 19.3 Å². The molecule has 0 spiro atoms. The van der Waals surface area contributed by atoms with E-state index in [0.717, 1.165) is 38.3 Å². The second-order valence-electron chi connectivity index (χ2n) is 6.87. The van der Waals surface area contributed by atoms with Gasteiger partial charge in [-0.3, -0.25) is 9.69 Å². The van der Waals surface area contributed by atoms with E-state index in [4.69, 9.17) is 0 Å². The minimum absolute atomic E-state index is 0.00824. The molecule has 2 fully saturated rings. The van der Waals surface area contributed by atoms with Gasteiger partial charge in [-0.1, -0.05) is 19.3 Å². The van der Waals surface area contributed by atoms with Crippen molar-refractivity contribution in [2.75, 3.05) is 13.1 Å². The first-order valence-corrected chi connectivity index (χ1v) is 8.25. The summed E-state index contributed by atoms with van der Waals surface area (Å²) in [6.07, 6.45) is 7.71. The predicted octanol–water partition coefficient (Wildman–Crippen LogP) is 2.06. The molecular formula is C16H30N2O2. The second-order valence-corrected chi connectivity index (χ2v) is 6.87. The molecule has 0 bridgehead atoms. The maximum atomic E-state index is 12.0. The van der Waals surface area contributed by atoms with Crippen molar-refractivity contribution in [3.8, 4) is 0 Å². The molecule has 0 aromatic carbocycles. The van der Waals surface area contributed by atoms with E-state index in [0.29, 0.717) is 12.6 Å². The Hall–Kier alpha value is -0.610. The van der Waals surface area contributed by atoms with E-state index < -0.39 is 5.60 Å². The van der Waals surface area contributed by atoms with E-state index in [1.54, 1.807) is 0 Å². The van der Waals surface area contributed by atoms with Gasteiger partial charge in [-0.25, -0.2) is 0 Å². The van der Waals surface area contributed by atoms with Crippen LogP contribution in [0.4, 0.5) is 0 Å². The molecule has 2 aliphatic carbocycles. The Morgan fingerprint density at radius 1 is 1.30 bits per heavy atom. The first kappa shape index (κ1) is 15.8. The van der Waals surface area contributed by atoms with Crippen LogP contribution in [0.15, 0.2) is 0 Å². The van der Waals surface area contributed by atoms with Crippen LogP contribution in [0.3, 0.4) is 0 Å². The Morgan fingerprint density at radius 3 is 2.50 bits per heavy atom. The number of amides is 1. The van der Waals surface area contributed by atoms with Crippen LogP contribution in [-0.2, 0) is 4.79 Å². The van der Waals surface area contributed by atoms with E-state index in [-0.39, 0.29) is 12.3 Å². The van der Waals surface area contributed by atoms with Gasteiger partial charge in [0.05, 0.1) is 12.0 Å². The number of nitrogens with zero attached hydrogens (tertiary/aromatic N) is 1. The largest absolute Gasteiger partial charge is 0.389 e. The quantitative estimate of drug-likeness (QED) is 0.751. The summed E-state index contributed by atoms with van der Waals surface area (Å²) < 4.78 is 0. The maximum absolute atomic E-state index is 12.0. The van der Waals surface area contributed by atoms with Crippen LogP contribution >= 0.6 is 0 Å². The van der Waals surface area contributed by atoms with Crippen molar-refractivity contribution in [3.05, 3.63) is 0 Å². The normalized spacial score (nSPS) is 22.2. The van der Waals surface area contributed by atoms with Crippen LogP contribution in [0.5, 0.6) is 0 Å². The van der Waals surface area contributed by atoms with Gasteiger partial charge in [-0.2, -0.15) is 0 Å². The number of rotatable bonds is 7. The number of hydrogen-bond acceptors (Lipinski definition) is 3. The Kier molecular flexibility index (Phi) is 5.44. The van der Waals surface area contributed by atoms with Gasteiger partial charge >= 0.3 is 0 Å². The Balaban J connectivity index is 1.66. The van der Waals surface area contributed by atoms with E-state index in [1.807, 2.05) is 0 Å². The zero-order valence-corrected chi connectivity index (χ0v) is 13.0. The summed E-state index contributed by atoms with van der Waals surface area (Å²) in [5, 5.41) is 13.3. The number of carbonyl (C=O) groups is 1. The average Bonchev–Trinajstić information content (AvgIpc) is 3.18. The van der Waals surface area contributed by atoms with Crippen LogP contribution in [0.1, 0.15) is 65.2 Å². The molecule has 0 radical (unpaired) electrons. The molecule has 0 saturated heterocycles. The molecule has 1 amide bonds. The summed E-state index contributed by atoms with van der Waals surface area (Å²) in [6.45, 7) is 6.05. The highest BCUT2D eigenvalue weighted by molar-refractivity contribution is 5.77. The molecule has 0 atom stereocenters. The molecule has 2 aliphatic rings. The molecule has 0 aromatic rings. The summed E-state index contributed by atoms with van der Waals surface area (Å²) in [7, 11) is 0. The fraction of sp³-hybridized carbons (Fsp3) is 0.938. The molecular weight excluding hydrogens is 252 g/mol. The molecule has 0 aromatic heterocycles. The lowest BCUT2D eigenvalue weighted by molar-refractivity contribution is -0.127. The predicted molar refractivity (Wildman–Crippen MR) is 80.5 cm³/mol. The minimum Gasteiger partial charge on any atom is -0.389 e. The van der Waals surface area contributed by atoms with Crippen LogP contribution in [0.25, 0.3) is 0 Å². The molecule has 4 nitrogen and oxygen atoms in total. The Labute approximate surface area is 122 Å². The smallest absolute Gasteiger partial charge is 0.222 e. The van der Waals surface area contributed by atoms with E-state index in [2.05, 4.69) is 24.1 Å². The monoisotopic (exact) mass is 282 g/mol. The summed E-state index contributed by atoms with van der Waals surface area (Å²) in [5.41, 5.74) is -0.740. The average molecular weight is 282 g/mol. The van der Waals surface area contributed by atoms with Gasteiger partial charge in [0.1, 0.15) is 0 Å². The summed E-state index contributed by atoms with van der Waals surface area (Å²) in [4.78, 5) is 14.4. The van der Waals surface area contributed by atoms with Crippen molar-refractivity contribution in [3.63, 3.8) is 0 Å². The van der Waals surface area contributed by atoms with Crippen molar-refractivity contribution >= 4 is 5.91 Å². The van der Waals surface area contributed by atoms with Crippen LogP contribution < -0.4 is 5.32 Å². The lowest BCUT2D eigenvalue weighted by Crippen LogP contribution is -2.42. The molecule has 4 heteroatoms. The number of carbonyl (C=O) groups excluding carboxylic acids is 1. The van der Waals surface area contributed by atoms with Crippen molar-refractivity contribution in [1.82, 2.24) is 10.2 Å². The SMILES string of the molecule is CC(C)N(CCNC(=O)CC1(O)CCCCC1)C1CC1. The summed E-state index contributed by atoms with van der Waals surface area (Å²) in [6, 6.07) is 1.27. The van der Waals surface area contributed by atoms with E-state index in [9.17, 15) is 9.90 Å². The third kappa shape index (κ3) is 4.74. The van der Waals surface area contributed by atoms with Gasteiger partial charge < -0.3 is 10.4 Å². The lowest BCUT2D eigenvalue weighted by atomic mass is 9.82. The van der Waals surface area contributed by atoms with Crippen molar-refractivity contribution in [2.45, 2.75) is 82.9 Å². The fourth-order valence-corrected chi connectivity index (χ4v) is 3.34. The van der Waals surface area contributed by atoms with Gasteiger partial charge in [-0.05, 0) is 39.5 Å². The molecule has 2 saturated carbocycles. The number of hydrogen-bond donors (Lipinski definition) is 2. The van der Waals surface area contributed by atoms with Gasteiger partial charge in [0, 0.05) is 25.2 Å². The first-order chi connectivity index (χ1) is 9.50. The van der Waals surface area contributed by atoms with Crippen molar-refractivity contribution in [2.24, 2.45) is 0 Å². The third-order valence-electron chi connectivity index (χ3n) is 4.65. The summed E-state index contributed by atoms with van der Waals surface area (Å²) >= 11 is 0. The summed E-state index contributed by atoms with van der Waals surface area (Å²) in [5.74, 6) is 0.00824. The Bertz CT molecular complexity index is 318. The van der Waals surface area contributed by atoms with E-state index >= 15 is 0 Å². The molecule has 2 rings (SSSR count). The second kappa shape index (κ2) is 6.90. The zero-order chi connectivity index (χ0) is 14.6. The molecule has 2 N–H and O–H groups in total. The molecule has 116 valence electrons. The Morgan fingerprint density at radius 2 is 1.95 bits per heavy atom. The van der Waals surface area contributed by atoms with Gasteiger partial charge in [-0.15, -0.1) is 0 Å².